The van der Waals surface area contributed by atoms with Gasteiger partial charge in [-0.15, -0.1) is 0 Å². The van der Waals surface area contributed by atoms with Gasteiger partial charge in [-0.1, -0.05) is 0 Å². The molecule has 0 aromatic heterocycles. The fraction of sp³-hybridized carbons (Fsp3) is 1.00. The lowest BCUT2D eigenvalue weighted by molar-refractivity contribution is -0.172. The first-order valence-corrected chi connectivity index (χ1v) is 10.3. The minimum Gasteiger partial charge on any atom is -0.395 e. The van der Waals surface area contributed by atoms with Crippen molar-refractivity contribution in [3.05, 3.63) is 0 Å². The Hall–Kier alpha value is 0.420. The van der Waals surface area contributed by atoms with E-state index in [1.54, 1.807) is 0 Å². The lowest BCUT2D eigenvalue weighted by Crippen LogP contribution is -2.56. The Labute approximate surface area is 155 Å². The highest BCUT2D eigenvalue weighted by molar-refractivity contribution is 7.53. The molecule has 0 aliphatic carbocycles. The lowest BCUT2D eigenvalue weighted by atomic mass is 9.70. The Morgan fingerprint density at radius 1 is 0.731 bits per heavy atom. The van der Waals surface area contributed by atoms with Crippen LogP contribution in [0.3, 0.4) is 0 Å². The maximum atomic E-state index is 10.7. The normalized spacial score (nSPS) is 12.5. The number of aliphatic hydroxyl groups excluding tert-OH is 3. The molecule has 0 spiro atoms. The van der Waals surface area contributed by atoms with E-state index in [1.807, 2.05) is 13.8 Å². The van der Waals surface area contributed by atoms with Gasteiger partial charge in [-0.05, 0) is 13.8 Å². The largest absolute Gasteiger partial charge is 0.395 e. The molecule has 0 aromatic rings. The smallest absolute Gasteiger partial charge is 0.334 e. The van der Waals surface area contributed by atoms with E-state index in [0.29, 0.717) is 26.4 Å². The zero-order valence-electron chi connectivity index (χ0n) is 15.1. The van der Waals surface area contributed by atoms with Crippen LogP contribution in [-0.2, 0) is 13.8 Å². The first kappa shape index (κ1) is 28.6. The predicted molar refractivity (Wildman–Crippen MR) is 94.7 cm³/mol. The highest BCUT2D eigenvalue weighted by Crippen LogP contribution is 2.41. The Kier molecular flexibility index (Phi) is 18.0. The Balaban J connectivity index is 0. The van der Waals surface area contributed by atoms with Crippen molar-refractivity contribution in [1.82, 2.24) is 0 Å². The summed E-state index contributed by atoms with van der Waals surface area (Å²) >= 11 is 0. The number of aliphatic hydroxyl groups is 4. The van der Waals surface area contributed by atoms with Crippen LogP contribution in [0.2, 0.25) is 0 Å². The summed E-state index contributed by atoms with van der Waals surface area (Å²) in [4.78, 5) is 31.3. The quantitative estimate of drug-likeness (QED) is 0.125. The average Bonchev–Trinajstić information content (AvgIpc) is 2.57. The number of hydrogen-bond donors (Lipinski definition) is 8. The fourth-order valence-electron chi connectivity index (χ4n) is 2.08. The SMILES string of the molecule is CCOCCC(O)(CCOCC)C(CO)(CO)CO.OP(O)OP(O)O. The summed E-state index contributed by atoms with van der Waals surface area (Å²) < 4.78 is 14.0. The second-order valence-electron chi connectivity index (χ2n) is 5.27. The molecule has 0 rings (SSSR count). The molecule has 13 heteroatoms. The minimum atomic E-state index is -2.61. The summed E-state index contributed by atoms with van der Waals surface area (Å²) in [6, 6.07) is 0. The van der Waals surface area contributed by atoms with E-state index in [4.69, 9.17) is 29.0 Å². The van der Waals surface area contributed by atoms with E-state index in [0.717, 1.165) is 0 Å². The van der Waals surface area contributed by atoms with E-state index in [-0.39, 0.29) is 12.8 Å². The van der Waals surface area contributed by atoms with Gasteiger partial charge in [-0.25, -0.2) is 4.31 Å². The molecule has 0 aromatic carbocycles. The van der Waals surface area contributed by atoms with E-state index in [2.05, 4.69) is 4.31 Å². The van der Waals surface area contributed by atoms with Crippen LogP contribution >= 0.6 is 17.2 Å². The van der Waals surface area contributed by atoms with Crippen LogP contribution < -0.4 is 0 Å². The van der Waals surface area contributed by atoms with Crippen LogP contribution in [-0.4, -0.2) is 91.8 Å². The van der Waals surface area contributed by atoms with Gasteiger partial charge < -0.3 is 49.5 Å². The molecular formula is C13H32O11P2. The maximum absolute atomic E-state index is 10.7. The first-order chi connectivity index (χ1) is 12.2. The average molecular weight is 426 g/mol. The van der Waals surface area contributed by atoms with E-state index < -0.39 is 48.0 Å². The van der Waals surface area contributed by atoms with E-state index >= 15 is 0 Å². The number of hydrogen-bond acceptors (Lipinski definition) is 11. The van der Waals surface area contributed by atoms with Crippen molar-refractivity contribution < 1.29 is 53.8 Å². The summed E-state index contributed by atoms with van der Waals surface area (Å²) in [7, 11) is -5.22. The molecule has 0 saturated heterocycles. The summed E-state index contributed by atoms with van der Waals surface area (Å²) in [5, 5.41) is 39.1. The molecule has 0 radical (unpaired) electrons. The van der Waals surface area contributed by atoms with Crippen molar-refractivity contribution in [1.29, 1.82) is 0 Å². The summed E-state index contributed by atoms with van der Waals surface area (Å²) in [5.41, 5.74) is -2.79. The zero-order valence-corrected chi connectivity index (χ0v) is 16.8. The molecule has 0 aliphatic heterocycles. The second kappa shape index (κ2) is 16.4. The molecule has 0 atom stereocenters. The van der Waals surface area contributed by atoms with Crippen molar-refractivity contribution in [2.75, 3.05) is 46.2 Å². The van der Waals surface area contributed by atoms with Gasteiger partial charge in [-0.2, -0.15) is 0 Å². The van der Waals surface area contributed by atoms with Crippen LogP contribution in [0.15, 0.2) is 0 Å². The molecular weight excluding hydrogens is 394 g/mol. The van der Waals surface area contributed by atoms with Crippen molar-refractivity contribution in [2.45, 2.75) is 32.3 Å². The second-order valence-corrected chi connectivity index (χ2v) is 6.93. The van der Waals surface area contributed by atoms with Gasteiger partial charge in [0.25, 0.3) is 0 Å². The van der Waals surface area contributed by atoms with Crippen molar-refractivity contribution in [3.63, 3.8) is 0 Å². The monoisotopic (exact) mass is 426 g/mol. The van der Waals surface area contributed by atoms with Crippen LogP contribution in [0.1, 0.15) is 26.7 Å². The van der Waals surface area contributed by atoms with Crippen LogP contribution in [0.4, 0.5) is 0 Å². The minimum absolute atomic E-state index is 0.218. The lowest BCUT2D eigenvalue weighted by Gasteiger charge is -2.44. The molecule has 0 unspecified atom stereocenters. The topological polar surface area (TPSA) is 190 Å². The molecule has 0 heterocycles. The summed E-state index contributed by atoms with van der Waals surface area (Å²) in [6.45, 7) is 3.80. The fourth-order valence-corrected chi connectivity index (χ4v) is 2.61. The Morgan fingerprint density at radius 2 is 1.08 bits per heavy atom. The summed E-state index contributed by atoms with van der Waals surface area (Å²) in [5.74, 6) is 0. The van der Waals surface area contributed by atoms with Crippen LogP contribution in [0.25, 0.3) is 0 Å². The Morgan fingerprint density at radius 3 is 1.27 bits per heavy atom. The van der Waals surface area contributed by atoms with Crippen molar-refractivity contribution in [2.24, 2.45) is 5.41 Å². The van der Waals surface area contributed by atoms with Gasteiger partial charge in [0.15, 0.2) is 0 Å². The Bertz CT molecular complexity index is 292. The summed E-state index contributed by atoms with van der Waals surface area (Å²) in [6.07, 6.45) is 0.436. The van der Waals surface area contributed by atoms with Crippen molar-refractivity contribution in [3.8, 4) is 0 Å². The maximum Gasteiger partial charge on any atom is 0.334 e. The molecule has 0 amide bonds. The van der Waals surface area contributed by atoms with Gasteiger partial charge in [-0.3, -0.25) is 0 Å². The molecule has 0 saturated carbocycles. The van der Waals surface area contributed by atoms with E-state index in [9.17, 15) is 20.4 Å². The van der Waals surface area contributed by atoms with Gasteiger partial charge >= 0.3 is 17.2 Å². The number of rotatable bonds is 14. The zero-order chi connectivity index (χ0) is 20.6. The third-order valence-electron chi connectivity index (χ3n) is 3.77. The molecule has 0 bridgehead atoms. The highest BCUT2D eigenvalue weighted by atomic mass is 31.2. The van der Waals surface area contributed by atoms with Gasteiger partial charge in [0.05, 0.1) is 30.8 Å². The van der Waals surface area contributed by atoms with Crippen LogP contribution in [0, 0.1) is 5.41 Å². The highest BCUT2D eigenvalue weighted by Gasteiger charge is 2.49. The molecule has 0 fully saturated rings. The van der Waals surface area contributed by atoms with Crippen molar-refractivity contribution >= 4 is 17.2 Å². The molecule has 160 valence electrons. The first-order valence-electron chi connectivity index (χ1n) is 7.92. The molecule has 11 nitrogen and oxygen atoms in total. The molecule has 0 aliphatic rings. The predicted octanol–water partition coefficient (Wildman–Crippen LogP) is -1.04. The van der Waals surface area contributed by atoms with Gasteiger partial charge in [0.1, 0.15) is 0 Å². The van der Waals surface area contributed by atoms with Crippen LogP contribution in [0.5, 0.6) is 0 Å². The molecule has 26 heavy (non-hydrogen) atoms. The van der Waals surface area contributed by atoms with E-state index in [1.165, 1.54) is 0 Å². The third-order valence-corrected chi connectivity index (χ3v) is 4.94. The van der Waals surface area contributed by atoms with Gasteiger partial charge in [0, 0.05) is 39.3 Å². The molecule has 8 N–H and O–H groups in total. The number of ether oxygens (including phenoxy) is 2. The standard InChI is InChI=1S/C13H28O6.H4O5P2/c1-3-18-7-5-13(17,6-8-19-4-2)12(9-14,10-15)11-16;1-6(2)5-7(3)4/h14-17H,3-11H2,1-2H3;1-4H. The third kappa shape index (κ3) is 11.3. The van der Waals surface area contributed by atoms with Gasteiger partial charge in [0.2, 0.25) is 0 Å².